The van der Waals surface area contributed by atoms with Crippen LogP contribution >= 0.6 is 0 Å². The van der Waals surface area contributed by atoms with Crippen molar-refractivity contribution in [2.24, 2.45) is 5.92 Å². The molecule has 0 aliphatic carbocycles. The molecule has 1 fully saturated rings. The van der Waals surface area contributed by atoms with E-state index in [-0.39, 0.29) is 0 Å². The van der Waals surface area contributed by atoms with Gasteiger partial charge in [-0.2, -0.15) is 0 Å². The highest BCUT2D eigenvalue weighted by Crippen LogP contribution is 2.19. The normalized spacial score (nSPS) is 21.1. The van der Waals surface area contributed by atoms with E-state index in [4.69, 9.17) is 0 Å². The molecule has 0 aromatic heterocycles. The van der Waals surface area contributed by atoms with Crippen LogP contribution in [0.4, 0.5) is 0 Å². The molecule has 108 valence electrons. The summed E-state index contributed by atoms with van der Waals surface area (Å²) in [6.45, 7) is 6.00. The molecule has 0 bridgehead atoms. The number of nitrogens with zero attached hydrogens (tertiary/aromatic N) is 1. The van der Waals surface area contributed by atoms with Gasteiger partial charge in [0.25, 0.3) is 0 Å². The number of nitrogens with one attached hydrogen (secondary N) is 2. The van der Waals surface area contributed by atoms with E-state index in [1.807, 2.05) is 0 Å². The molecule has 2 N–H and O–H groups in total. The average Bonchev–Trinajstić information content (AvgIpc) is 2.27. The highest BCUT2D eigenvalue weighted by atomic mass is 32.2. The fourth-order valence-electron chi connectivity index (χ4n) is 2.37. The van der Waals surface area contributed by atoms with Gasteiger partial charge < -0.3 is 10.2 Å². The SMILES string of the molecule is CC(NCCCNS(C)(=O)=O)C1CCN(C)CC1. The summed E-state index contributed by atoms with van der Waals surface area (Å²) in [5.41, 5.74) is 0. The summed E-state index contributed by atoms with van der Waals surface area (Å²) < 4.78 is 24.2. The summed E-state index contributed by atoms with van der Waals surface area (Å²) in [5, 5.41) is 3.50. The highest BCUT2D eigenvalue weighted by Gasteiger charge is 2.21. The molecule has 0 aromatic carbocycles. The third-order valence-corrected chi connectivity index (χ3v) is 4.38. The second kappa shape index (κ2) is 7.43. The van der Waals surface area contributed by atoms with Gasteiger partial charge in [-0.05, 0) is 58.8 Å². The molecule has 1 unspecified atom stereocenters. The van der Waals surface area contributed by atoms with Crippen LogP contribution in [0.15, 0.2) is 0 Å². The first-order valence-corrected chi connectivity index (χ1v) is 8.64. The van der Waals surface area contributed by atoms with Crippen LogP contribution in [-0.4, -0.2) is 58.8 Å². The summed E-state index contributed by atoms with van der Waals surface area (Å²) in [6, 6.07) is 0.525. The van der Waals surface area contributed by atoms with Gasteiger partial charge in [-0.3, -0.25) is 0 Å². The Labute approximate surface area is 111 Å². The van der Waals surface area contributed by atoms with Crippen molar-refractivity contribution < 1.29 is 8.42 Å². The minimum absolute atomic E-state index is 0.520. The maximum Gasteiger partial charge on any atom is 0.208 e. The molecule has 0 spiro atoms. The molecule has 18 heavy (non-hydrogen) atoms. The predicted molar refractivity (Wildman–Crippen MR) is 75.1 cm³/mol. The van der Waals surface area contributed by atoms with Crippen LogP contribution in [0.2, 0.25) is 0 Å². The number of sulfonamides is 1. The Kier molecular flexibility index (Phi) is 6.55. The van der Waals surface area contributed by atoms with Crippen LogP contribution in [-0.2, 0) is 10.0 Å². The number of likely N-dealkylation sites (tertiary alicyclic amines) is 1. The predicted octanol–water partition coefficient (Wildman–Crippen LogP) is 0.246. The van der Waals surface area contributed by atoms with E-state index >= 15 is 0 Å². The lowest BCUT2D eigenvalue weighted by Crippen LogP contribution is -2.41. The summed E-state index contributed by atoms with van der Waals surface area (Å²) in [6.07, 6.45) is 4.55. The average molecular weight is 277 g/mol. The first-order valence-electron chi connectivity index (χ1n) is 6.75. The van der Waals surface area contributed by atoms with E-state index in [0.29, 0.717) is 12.6 Å². The van der Waals surface area contributed by atoms with Crippen LogP contribution in [0.5, 0.6) is 0 Å². The summed E-state index contributed by atoms with van der Waals surface area (Å²) in [5.74, 6) is 0.754. The second-order valence-corrected chi connectivity index (χ2v) is 7.24. The first-order chi connectivity index (χ1) is 8.38. The molecular formula is C12H27N3O2S. The smallest absolute Gasteiger partial charge is 0.208 e. The molecular weight excluding hydrogens is 250 g/mol. The van der Waals surface area contributed by atoms with Crippen molar-refractivity contribution in [2.75, 3.05) is 39.5 Å². The molecule has 0 saturated carbocycles. The maximum atomic E-state index is 10.9. The van der Waals surface area contributed by atoms with Gasteiger partial charge in [-0.25, -0.2) is 13.1 Å². The minimum Gasteiger partial charge on any atom is -0.314 e. The van der Waals surface area contributed by atoms with E-state index in [0.717, 1.165) is 18.9 Å². The van der Waals surface area contributed by atoms with Crippen molar-refractivity contribution >= 4 is 10.0 Å². The molecule has 0 radical (unpaired) electrons. The second-order valence-electron chi connectivity index (χ2n) is 5.40. The Morgan fingerprint density at radius 2 is 1.89 bits per heavy atom. The molecule has 1 saturated heterocycles. The molecule has 0 aromatic rings. The Bertz CT molecular complexity index is 324. The van der Waals surface area contributed by atoms with Gasteiger partial charge >= 0.3 is 0 Å². The number of hydrogen-bond donors (Lipinski definition) is 2. The van der Waals surface area contributed by atoms with E-state index in [1.165, 1.54) is 32.2 Å². The molecule has 1 rings (SSSR count). The molecule has 1 aliphatic rings. The largest absolute Gasteiger partial charge is 0.314 e. The van der Waals surface area contributed by atoms with E-state index in [1.54, 1.807) is 0 Å². The van der Waals surface area contributed by atoms with Crippen LogP contribution in [0.1, 0.15) is 26.2 Å². The topological polar surface area (TPSA) is 61.4 Å². The number of hydrogen-bond acceptors (Lipinski definition) is 4. The van der Waals surface area contributed by atoms with Gasteiger partial charge in [0.15, 0.2) is 0 Å². The molecule has 1 atom stereocenters. The van der Waals surface area contributed by atoms with Gasteiger partial charge in [0.1, 0.15) is 0 Å². The first kappa shape index (κ1) is 15.9. The summed E-state index contributed by atoms with van der Waals surface area (Å²) in [4.78, 5) is 2.37. The zero-order chi connectivity index (χ0) is 13.6. The van der Waals surface area contributed by atoms with Gasteiger partial charge in [-0.15, -0.1) is 0 Å². The van der Waals surface area contributed by atoms with Gasteiger partial charge in [0.2, 0.25) is 10.0 Å². The van der Waals surface area contributed by atoms with Crippen LogP contribution < -0.4 is 10.0 Å². The van der Waals surface area contributed by atoms with Crippen molar-refractivity contribution in [1.29, 1.82) is 0 Å². The summed E-state index contributed by atoms with van der Waals surface area (Å²) in [7, 11) is -0.863. The van der Waals surface area contributed by atoms with E-state index < -0.39 is 10.0 Å². The maximum absolute atomic E-state index is 10.9. The zero-order valence-corrected chi connectivity index (χ0v) is 12.6. The van der Waals surface area contributed by atoms with Gasteiger partial charge in [-0.1, -0.05) is 0 Å². The lowest BCUT2D eigenvalue weighted by molar-refractivity contribution is 0.190. The molecule has 6 heteroatoms. The Balaban J connectivity index is 2.08. The summed E-state index contributed by atoms with van der Waals surface area (Å²) >= 11 is 0. The van der Waals surface area contributed by atoms with Crippen molar-refractivity contribution in [2.45, 2.75) is 32.2 Å². The Hall–Kier alpha value is -0.170. The quantitative estimate of drug-likeness (QED) is 0.655. The monoisotopic (exact) mass is 277 g/mol. The molecule has 5 nitrogen and oxygen atoms in total. The lowest BCUT2D eigenvalue weighted by atomic mass is 9.90. The van der Waals surface area contributed by atoms with E-state index in [2.05, 4.69) is 28.9 Å². The number of rotatable bonds is 7. The minimum atomic E-state index is -3.03. The van der Waals surface area contributed by atoms with Gasteiger partial charge in [0.05, 0.1) is 6.26 Å². The Morgan fingerprint density at radius 3 is 2.44 bits per heavy atom. The van der Waals surface area contributed by atoms with Crippen molar-refractivity contribution in [1.82, 2.24) is 14.9 Å². The van der Waals surface area contributed by atoms with Crippen LogP contribution in [0.3, 0.4) is 0 Å². The van der Waals surface area contributed by atoms with E-state index in [9.17, 15) is 8.42 Å². The zero-order valence-electron chi connectivity index (χ0n) is 11.8. The lowest BCUT2D eigenvalue weighted by Gasteiger charge is -2.33. The highest BCUT2D eigenvalue weighted by molar-refractivity contribution is 7.88. The number of piperidine rings is 1. The molecule has 1 aliphatic heterocycles. The fourth-order valence-corrected chi connectivity index (χ4v) is 2.89. The van der Waals surface area contributed by atoms with Crippen molar-refractivity contribution in [3.05, 3.63) is 0 Å². The molecule has 0 amide bonds. The fraction of sp³-hybridized carbons (Fsp3) is 1.00. The van der Waals surface area contributed by atoms with Crippen LogP contribution in [0.25, 0.3) is 0 Å². The standard InChI is InChI=1S/C12H27N3O2S/c1-11(12-5-9-15(2)10-6-12)13-7-4-8-14-18(3,16)17/h11-14H,4-10H2,1-3H3. The van der Waals surface area contributed by atoms with Crippen molar-refractivity contribution in [3.63, 3.8) is 0 Å². The Morgan fingerprint density at radius 1 is 1.28 bits per heavy atom. The third-order valence-electron chi connectivity index (χ3n) is 3.65. The van der Waals surface area contributed by atoms with Crippen molar-refractivity contribution in [3.8, 4) is 0 Å². The van der Waals surface area contributed by atoms with Gasteiger partial charge in [0, 0.05) is 12.6 Å². The van der Waals surface area contributed by atoms with Crippen LogP contribution in [0, 0.1) is 5.92 Å². The molecule has 1 heterocycles. The third kappa shape index (κ3) is 6.68.